The molecule has 2 saturated heterocycles. The van der Waals surface area contributed by atoms with Crippen LogP contribution in [0.25, 0.3) is 0 Å². The Kier molecular flexibility index (Phi) is 4.25. The topological polar surface area (TPSA) is 127 Å². The van der Waals surface area contributed by atoms with E-state index in [4.69, 9.17) is 4.74 Å². The highest BCUT2D eigenvalue weighted by Gasteiger charge is 2.61. The molecule has 9 heteroatoms. The number of aliphatic hydroxyl groups excluding tert-OH is 1. The van der Waals surface area contributed by atoms with Crippen molar-refractivity contribution in [1.82, 2.24) is 4.90 Å². The molecule has 132 valence electrons. The largest absolute Gasteiger partial charge is 0.459 e. The molecule has 4 atom stereocenters. The summed E-state index contributed by atoms with van der Waals surface area (Å²) in [4.78, 5) is 47.6. The number of aliphatic hydroxyl groups is 1. The second-order valence-corrected chi connectivity index (χ2v) is 6.18. The fourth-order valence-corrected chi connectivity index (χ4v) is 3.33. The summed E-state index contributed by atoms with van der Waals surface area (Å²) in [5, 5.41) is 20.2. The fraction of sp³-hybridized carbons (Fsp3) is 0.438. The van der Waals surface area contributed by atoms with Crippen LogP contribution in [-0.2, 0) is 25.7 Å². The smallest absolute Gasteiger partial charge is 0.337 e. The molecule has 1 aromatic rings. The zero-order chi connectivity index (χ0) is 18.3. The van der Waals surface area contributed by atoms with Crippen LogP contribution < -0.4 is 0 Å². The van der Waals surface area contributed by atoms with Gasteiger partial charge in [0, 0.05) is 18.6 Å². The Morgan fingerprint density at radius 2 is 2.04 bits per heavy atom. The Hall–Kier alpha value is -2.81. The van der Waals surface area contributed by atoms with Gasteiger partial charge in [0.2, 0.25) is 5.91 Å². The summed E-state index contributed by atoms with van der Waals surface area (Å²) >= 11 is 0. The van der Waals surface area contributed by atoms with Gasteiger partial charge in [0.15, 0.2) is 11.8 Å². The number of rotatable bonds is 5. The monoisotopic (exact) mass is 348 g/mol. The highest BCUT2D eigenvalue weighted by molar-refractivity contribution is 6.11. The number of β-lactam (4-membered cyclic amide) rings is 1. The lowest BCUT2D eigenvalue weighted by atomic mass is 9.84. The molecule has 0 aromatic heterocycles. The number of carbonyl (C=O) groups is 3. The lowest BCUT2D eigenvalue weighted by molar-refractivity contribution is -0.384. The van der Waals surface area contributed by atoms with Crippen LogP contribution in [0.1, 0.15) is 18.9 Å². The number of esters is 1. The van der Waals surface area contributed by atoms with E-state index in [2.05, 4.69) is 0 Å². The number of hydrogen-bond acceptors (Lipinski definition) is 7. The second kappa shape index (κ2) is 6.25. The molecule has 0 bridgehead atoms. The number of nitro groups is 1. The molecule has 2 heterocycles. The van der Waals surface area contributed by atoms with Crippen molar-refractivity contribution in [1.29, 1.82) is 0 Å². The van der Waals surface area contributed by atoms with Crippen LogP contribution in [0.15, 0.2) is 24.3 Å². The molecule has 3 rings (SSSR count). The molecule has 2 aliphatic heterocycles. The summed E-state index contributed by atoms with van der Waals surface area (Å²) in [6.45, 7) is 1.32. The highest BCUT2D eigenvalue weighted by atomic mass is 16.6. The first-order chi connectivity index (χ1) is 11.8. The average molecular weight is 348 g/mol. The van der Waals surface area contributed by atoms with Crippen molar-refractivity contribution in [3.05, 3.63) is 39.9 Å². The minimum absolute atomic E-state index is 0.0264. The van der Waals surface area contributed by atoms with Crippen molar-refractivity contribution in [2.24, 2.45) is 5.92 Å². The maximum absolute atomic E-state index is 12.2. The third-order valence-electron chi connectivity index (χ3n) is 4.58. The van der Waals surface area contributed by atoms with E-state index in [1.54, 1.807) is 0 Å². The van der Waals surface area contributed by atoms with Crippen LogP contribution in [0.4, 0.5) is 5.69 Å². The Bertz CT molecular complexity index is 743. The van der Waals surface area contributed by atoms with Crippen molar-refractivity contribution in [2.75, 3.05) is 0 Å². The molecule has 2 aliphatic rings. The van der Waals surface area contributed by atoms with Crippen molar-refractivity contribution in [2.45, 2.75) is 38.1 Å². The second-order valence-electron chi connectivity index (χ2n) is 6.18. The number of ether oxygens (including phenoxy) is 1. The predicted molar refractivity (Wildman–Crippen MR) is 82.1 cm³/mol. The van der Waals surface area contributed by atoms with Gasteiger partial charge in [-0.15, -0.1) is 0 Å². The first-order valence-corrected chi connectivity index (χ1v) is 7.74. The van der Waals surface area contributed by atoms with Crippen LogP contribution >= 0.6 is 0 Å². The molecular formula is C16H16N2O7. The summed E-state index contributed by atoms with van der Waals surface area (Å²) in [6, 6.07) is 3.73. The van der Waals surface area contributed by atoms with Crippen molar-refractivity contribution >= 4 is 23.3 Å². The van der Waals surface area contributed by atoms with E-state index in [9.17, 15) is 29.6 Å². The van der Waals surface area contributed by atoms with Crippen LogP contribution in [0, 0.1) is 16.0 Å². The van der Waals surface area contributed by atoms with Gasteiger partial charge in [-0.1, -0.05) is 0 Å². The van der Waals surface area contributed by atoms with Crippen molar-refractivity contribution in [3.8, 4) is 0 Å². The summed E-state index contributed by atoms with van der Waals surface area (Å²) in [7, 11) is 0. The van der Waals surface area contributed by atoms with E-state index >= 15 is 0 Å². The molecule has 1 aromatic carbocycles. The van der Waals surface area contributed by atoms with Gasteiger partial charge in [0.1, 0.15) is 6.61 Å². The summed E-state index contributed by atoms with van der Waals surface area (Å²) in [6.07, 6.45) is -0.852. The first-order valence-electron chi connectivity index (χ1n) is 7.74. The van der Waals surface area contributed by atoms with Gasteiger partial charge in [-0.05, 0) is 24.6 Å². The lowest BCUT2D eigenvalue weighted by Crippen LogP contribution is -2.64. The molecular weight excluding hydrogens is 332 g/mol. The molecule has 25 heavy (non-hydrogen) atoms. The minimum atomic E-state index is -1.27. The highest BCUT2D eigenvalue weighted by Crippen LogP contribution is 2.40. The van der Waals surface area contributed by atoms with E-state index < -0.39 is 46.7 Å². The van der Waals surface area contributed by atoms with Gasteiger partial charge in [-0.25, -0.2) is 4.79 Å². The van der Waals surface area contributed by atoms with Crippen LogP contribution in [0.5, 0.6) is 0 Å². The predicted octanol–water partition coefficient (Wildman–Crippen LogP) is 0.187. The quantitative estimate of drug-likeness (QED) is 0.264. The molecule has 1 amide bonds. The number of Topliss-reactive ketones (excluding diaryl/α,β-unsaturated/α-hetero) is 1. The molecule has 0 aliphatic carbocycles. The minimum Gasteiger partial charge on any atom is -0.459 e. The zero-order valence-electron chi connectivity index (χ0n) is 13.3. The van der Waals surface area contributed by atoms with E-state index in [-0.39, 0.29) is 18.7 Å². The van der Waals surface area contributed by atoms with Crippen LogP contribution in [0.2, 0.25) is 0 Å². The molecule has 1 N–H and O–H groups in total. The SMILES string of the molecule is C[C@@H](O)[C@@H]1C(=O)N2[C@H](C(=O)OCc3ccc([N+](=O)[O-])cc3)C(=O)C[C@H]12. The van der Waals surface area contributed by atoms with Gasteiger partial charge in [-0.3, -0.25) is 19.7 Å². The normalized spacial score (nSPS) is 26.0. The Morgan fingerprint density at radius 3 is 2.60 bits per heavy atom. The number of hydrogen-bond donors (Lipinski definition) is 1. The number of benzene rings is 1. The summed E-state index contributed by atoms with van der Waals surface area (Å²) < 4.78 is 5.09. The van der Waals surface area contributed by atoms with E-state index in [0.717, 1.165) is 0 Å². The van der Waals surface area contributed by atoms with Gasteiger partial charge in [0.25, 0.3) is 5.69 Å². The number of carbonyl (C=O) groups excluding carboxylic acids is 3. The third kappa shape index (κ3) is 2.86. The van der Waals surface area contributed by atoms with E-state index in [1.807, 2.05) is 0 Å². The molecule has 0 spiro atoms. The average Bonchev–Trinajstić information content (AvgIpc) is 2.85. The van der Waals surface area contributed by atoms with Gasteiger partial charge in [-0.2, -0.15) is 0 Å². The fourth-order valence-electron chi connectivity index (χ4n) is 3.33. The van der Waals surface area contributed by atoms with Crippen LogP contribution in [0.3, 0.4) is 0 Å². The molecule has 0 radical (unpaired) electrons. The summed E-state index contributed by atoms with van der Waals surface area (Å²) in [5.41, 5.74) is 0.442. The van der Waals surface area contributed by atoms with E-state index in [0.29, 0.717) is 5.56 Å². The molecule has 2 fully saturated rings. The molecule has 0 saturated carbocycles. The Morgan fingerprint density at radius 1 is 1.40 bits per heavy atom. The van der Waals surface area contributed by atoms with Gasteiger partial charge in [0.05, 0.1) is 23.0 Å². The number of ketones is 1. The maximum atomic E-state index is 12.2. The molecule has 9 nitrogen and oxygen atoms in total. The number of fused-ring (bicyclic) bond motifs is 1. The number of nitro benzene ring substituents is 1. The standard InChI is InChI=1S/C16H16N2O7/c1-8(19)13-11-6-12(20)14(17(11)15(13)21)16(22)25-7-9-2-4-10(5-3-9)18(23)24/h2-5,8,11,13-14,19H,6-7H2,1H3/t8-,11-,13+,14+/m1/s1. The van der Waals surface area contributed by atoms with Crippen LogP contribution in [-0.4, -0.2) is 50.8 Å². The van der Waals surface area contributed by atoms with Gasteiger partial charge >= 0.3 is 5.97 Å². The Balaban J connectivity index is 1.63. The number of non-ortho nitro benzene ring substituents is 1. The maximum Gasteiger partial charge on any atom is 0.337 e. The zero-order valence-corrected chi connectivity index (χ0v) is 13.3. The van der Waals surface area contributed by atoms with Crippen molar-refractivity contribution < 1.29 is 29.2 Å². The number of amides is 1. The Labute approximate surface area is 142 Å². The molecule has 0 unspecified atom stereocenters. The number of nitrogens with zero attached hydrogens (tertiary/aromatic N) is 2. The lowest BCUT2D eigenvalue weighted by Gasteiger charge is -2.45. The van der Waals surface area contributed by atoms with E-state index in [1.165, 1.54) is 36.1 Å². The van der Waals surface area contributed by atoms with Crippen molar-refractivity contribution in [3.63, 3.8) is 0 Å². The third-order valence-corrected chi connectivity index (χ3v) is 4.58. The van der Waals surface area contributed by atoms with Gasteiger partial charge < -0.3 is 14.7 Å². The first kappa shape index (κ1) is 17.0. The summed E-state index contributed by atoms with van der Waals surface area (Å²) in [5.74, 6) is -2.32.